The largest absolute Gasteiger partial charge is 0.300 e. The molecule has 0 atom stereocenters. The number of allylic oxidation sites excluding steroid dienone is 1. The lowest BCUT2D eigenvalue weighted by atomic mass is 10.1. The molecule has 0 saturated carbocycles. The topological polar surface area (TPSA) is 40.9 Å². The van der Waals surface area contributed by atoms with Gasteiger partial charge in [0.15, 0.2) is 0 Å². The molecule has 0 saturated heterocycles. The second-order valence-corrected chi connectivity index (χ2v) is 1.97. The zero-order chi connectivity index (χ0) is 7.98. The first-order valence-electron chi connectivity index (χ1n) is 2.99. The number of hydrogen-bond acceptors (Lipinski definition) is 2. The number of carbonyl (C=O) groups is 1. The number of rotatable bonds is 3. The van der Waals surface area contributed by atoms with Crippen molar-refractivity contribution in [1.29, 1.82) is 5.26 Å². The average Bonchev–Trinajstić information content (AvgIpc) is 1.90. The van der Waals surface area contributed by atoms with Crippen LogP contribution >= 0.6 is 0 Å². The highest BCUT2D eigenvalue weighted by molar-refractivity contribution is 5.75. The van der Waals surface area contributed by atoms with Gasteiger partial charge >= 0.3 is 0 Å². The molecule has 0 fully saturated rings. The molecular formula is C8H9NO. The summed E-state index contributed by atoms with van der Waals surface area (Å²) in [7, 11) is 0. The first-order valence-corrected chi connectivity index (χ1v) is 2.99. The average molecular weight is 135 g/mol. The van der Waals surface area contributed by atoms with Crippen LogP contribution in [0.1, 0.15) is 19.8 Å². The molecule has 0 spiro atoms. The summed E-state index contributed by atoms with van der Waals surface area (Å²) in [6.07, 6.45) is 0.876. The van der Waals surface area contributed by atoms with Crippen molar-refractivity contribution >= 4 is 5.78 Å². The van der Waals surface area contributed by atoms with Crippen LogP contribution in [-0.4, -0.2) is 5.78 Å². The summed E-state index contributed by atoms with van der Waals surface area (Å²) in [5.41, 5.74) is 2.91. The minimum absolute atomic E-state index is 0.0861. The van der Waals surface area contributed by atoms with Crippen LogP contribution in [0.3, 0.4) is 0 Å². The molecule has 0 bridgehead atoms. The Bertz CT molecular complexity index is 216. The van der Waals surface area contributed by atoms with Crippen molar-refractivity contribution in [2.75, 3.05) is 0 Å². The van der Waals surface area contributed by atoms with E-state index in [-0.39, 0.29) is 5.78 Å². The minimum Gasteiger partial charge on any atom is -0.300 e. The van der Waals surface area contributed by atoms with Gasteiger partial charge in [0.1, 0.15) is 11.9 Å². The molecule has 0 rings (SSSR count). The van der Waals surface area contributed by atoms with Crippen LogP contribution in [0.5, 0.6) is 0 Å². The van der Waals surface area contributed by atoms with Crippen LogP contribution in [0.25, 0.3) is 0 Å². The predicted molar refractivity (Wildman–Crippen MR) is 38.2 cm³/mol. The maximum Gasteiger partial charge on any atom is 0.130 e. The predicted octanol–water partition coefficient (Wildman–Crippen LogP) is 1.59. The molecule has 0 aromatic heterocycles. The quantitative estimate of drug-likeness (QED) is 0.435. The van der Waals surface area contributed by atoms with E-state index in [2.05, 4.69) is 12.3 Å². The van der Waals surface area contributed by atoms with Crippen molar-refractivity contribution in [2.24, 2.45) is 0 Å². The number of hydrogen-bond donors (Lipinski definition) is 0. The first kappa shape index (κ1) is 8.68. The third-order valence-electron chi connectivity index (χ3n) is 1.08. The van der Waals surface area contributed by atoms with E-state index in [9.17, 15) is 4.79 Å². The van der Waals surface area contributed by atoms with Gasteiger partial charge in [-0.1, -0.05) is 6.58 Å². The molecule has 2 nitrogen and oxygen atoms in total. The second-order valence-electron chi connectivity index (χ2n) is 1.97. The Hall–Kier alpha value is -1.32. The molecule has 0 radical (unpaired) electrons. The van der Waals surface area contributed by atoms with Crippen molar-refractivity contribution in [3.8, 4) is 6.07 Å². The standard InChI is InChI=1S/C8H9NO/c1-3-8(6-9)5-4-7(2)10/h1,4-5H2,2H3. The van der Waals surface area contributed by atoms with Gasteiger partial charge < -0.3 is 4.79 Å². The fourth-order valence-electron chi connectivity index (χ4n) is 0.485. The van der Waals surface area contributed by atoms with Gasteiger partial charge in [-0.2, -0.15) is 5.26 Å². The van der Waals surface area contributed by atoms with E-state index in [1.807, 2.05) is 6.07 Å². The van der Waals surface area contributed by atoms with Crippen molar-refractivity contribution in [1.82, 2.24) is 0 Å². The lowest BCUT2D eigenvalue weighted by Gasteiger charge is -1.89. The molecule has 0 heterocycles. The fourth-order valence-corrected chi connectivity index (χ4v) is 0.485. The van der Waals surface area contributed by atoms with Crippen LogP contribution in [-0.2, 0) is 4.79 Å². The van der Waals surface area contributed by atoms with Crippen molar-refractivity contribution in [3.05, 3.63) is 17.9 Å². The zero-order valence-electron chi connectivity index (χ0n) is 5.98. The van der Waals surface area contributed by atoms with E-state index in [0.717, 1.165) is 0 Å². The summed E-state index contributed by atoms with van der Waals surface area (Å²) in [5, 5.41) is 8.34. The van der Waals surface area contributed by atoms with E-state index in [4.69, 9.17) is 5.26 Å². The summed E-state index contributed by atoms with van der Waals surface area (Å²) in [6.45, 7) is 4.81. The van der Waals surface area contributed by atoms with Crippen LogP contribution in [0.15, 0.2) is 17.9 Å². The van der Waals surface area contributed by atoms with Crippen LogP contribution in [0.4, 0.5) is 0 Å². The third-order valence-corrected chi connectivity index (χ3v) is 1.08. The highest BCUT2D eigenvalue weighted by Crippen LogP contribution is 2.00. The van der Waals surface area contributed by atoms with Crippen LogP contribution < -0.4 is 0 Å². The lowest BCUT2D eigenvalue weighted by molar-refractivity contribution is -0.116. The molecule has 0 aliphatic carbocycles. The van der Waals surface area contributed by atoms with Crippen molar-refractivity contribution < 1.29 is 4.79 Å². The monoisotopic (exact) mass is 135 g/mol. The molecule has 10 heavy (non-hydrogen) atoms. The maximum absolute atomic E-state index is 10.4. The summed E-state index contributed by atoms with van der Waals surface area (Å²) >= 11 is 0. The Morgan fingerprint density at radius 2 is 2.20 bits per heavy atom. The molecule has 0 aliphatic rings. The van der Waals surface area contributed by atoms with E-state index < -0.39 is 0 Å². The van der Waals surface area contributed by atoms with E-state index >= 15 is 0 Å². The van der Waals surface area contributed by atoms with Gasteiger partial charge in [0.2, 0.25) is 0 Å². The van der Waals surface area contributed by atoms with Gasteiger partial charge in [-0.05, 0) is 13.3 Å². The second kappa shape index (κ2) is 4.55. The SMILES string of the molecule is C=C=C(C#N)CCC(C)=O. The summed E-state index contributed by atoms with van der Waals surface area (Å²) in [5.74, 6) is 0.0861. The third kappa shape index (κ3) is 3.65. The normalized spacial score (nSPS) is 7.60. The van der Waals surface area contributed by atoms with E-state index in [1.54, 1.807) is 0 Å². The number of carbonyl (C=O) groups excluding carboxylic acids is 1. The summed E-state index contributed by atoms with van der Waals surface area (Å²) < 4.78 is 0. The molecule has 52 valence electrons. The van der Waals surface area contributed by atoms with Gasteiger partial charge in [-0.3, -0.25) is 0 Å². The highest BCUT2D eigenvalue weighted by atomic mass is 16.1. The van der Waals surface area contributed by atoms with Gasteiger partial charge in [0, 0.05) is 6.42 Å². The van der Waals surface area contributed by atoms with Gasteiger partial charge in [-0.15, -0.1) is 5.73 Å². The summed E-state index contributed by atoms with van der Waals surface area (Å²) in [4.78, 5) is 10.4. The van der Waals surface area contributed by atoms with Gasteiger partial charge in [-0.25, -0.2) is 0 Å². The molecule has 0 aromatic rings. The van der Waals surface area contributed by atoms with E-state index in [1.165, 1.54) is 6.92 Å². The maximum atomic E-state index is 10.4. The minimum atomic E-state index is 0.0861. The number of nitriles is 1. The lowest BCUT2D eigenvalue weighted by Crippen LogP contribution is -1.89. The first-order chi connectivity index (χ1) is 4.70. The van der Waals surface area contributed by atoms with Crippen LogP contribution in [0, 0.1) is 11.3 Å². The smallest absolute Gasteiger partial charge is 0.130 e. The van der Waals surface area contributed by atoms with E-state index in [0.29, 0.717) is 18.4 Å². The van der Waals surface area contributed by atoms with Crippen molar-refractivity contribution in [3.63, 3.8) is 0 Å². The molecule has 2 heteroatoms. The summed E-state index contributed by atoms with van der Waals surface area (Å²) in [6, 6.07) is 1.90. The number of Topliss-reactive ketones (excluding diaryl/α,β-unsaturated/α-hetero) is 1. The Morgan fingerprint density at radius 3 is 2.50 bits per heavy atom. The Morgan fingerprint density at radius 1 is 1.60 bits per heavy atom. The Balaban J connectivity index is 3.82. The Kier molecular flexibility index (Phi) is 3.95. The number of ketones is 1. The Labute approximate surface area is 60.5 Å². The van der Waals surface area contributed by atoms with Crippen LogP contribution in [0.2, 0.25) is 0 Å². The zero-order valence-corrected chi connectivity index (χ0v) is 5.98. The molecule has 0 N–H and O–H groups in total. The molecular weight excluding hydrogens is 126 g/mol. The molecule has 0 aliphatic heterocycles. The number of nitrogens with zero attached hydrogens (tertiary/aromatic N) is 1. The fraction of sp³-hybridized carbons (Fsp3) is 0.375. The highest BCUT2D eigenvalue weighted by Gasteiger charge is 1.96. The van der Waals surface area contributed by atoms with Gasteiger partial charge in [0.05, 0.1) is 5.57 Å². The molecule has 0 aromatic carbocycles. The van der Waals surface area contributed by atoms with Crippen molar-refractivity contribution in [2.45, 2.75) is 19.8 Å². The molecule has 0 amide bonds. The van der Waals surface area contributed by atoms with Gasteiger partial charge in [0.25, 0.3) is 0 Å². The molecule has 0 unspecified atom stereocenters.